The Balaban J connectivity index is 2.02. The van der Waals surface area contributed by atoms with Crippen molar-refractivity contribution in [2.75, 3.05) is 12.4 Å². The average Bonchev–Trinajstić information content (AvgIpc) is 3.14. The lowest BCUT2D eigenvalue weighted by molar-refractivity contribution is -0.119. The molecule has 1 aliphatic heterocycles. The summed E-state index contributed by atoms with van der Waals surface area (Å²) in [5.41, 5.74) is 6.88. The molecule has 1 unspecified atom stereocenters. The summed E-state index contributed by atoms with van der Waals surface area (Å²) < 4.78 is 21.3. The van der Waals surface area contributed by atoms with Crippen molar-refractivity contribution in [3.63, 3.8) is 0 Å². The molecule has 1 saturated heterocycles. The number of benzene rings is 1. The van der Waals surface area contributed by atoms with Gasteiger partial charge in [0.05, 0.1) is 18.7 Å². The fraction of sp³-hybridized carbons (Fsp3) is 0.419. The zero-order valence-electron chi connectivity index (χ0n) is 23.3. The van der Waals surface area contributed by atoms with Crippen LogP contribution < -0.4 is 16.4 Å². The molecule has 6 nitrogen and oxygen atoms in total. The number of carbonyl (C=O) groups is 2. The van der Waals surface area contributed by atoms with E-state index in [1.807, 2.05) is 18.2 Å². The van der Waals surface area contributed by atoms with Crippen molar-refractivity contribution in [2.45, 2.75) is 57.7 Å². The van der Waals surface area contributed by atoms with Crippen LogP contribution in [0, 0.1) is 17.3 Å². The van der Waals surface area contributed by atoms with E-state index in [-0.39, 0.29) is 34.7 Å². The highest BCUT2D eigenvalue weighted by Gasteiger charge is 2.57. The van der Waals surface area contributed by atoms with Gasteiger partial charge in [0.1, 0.15) is 5.83 Å². The van der Waals surface area contributed by atoms with E-state index in [1.165, 1.54) is 25.3 Å². The van der Waals surface area contributed by atoms with Crippen LogP contribution in [0.4, 0.5) is 10.1 Å². The lowest BCUT2D eigenvalue weighted by Crippen LogP contribution is -2.57. The maximum atomic E-state index is 15.5. The number of amides is 1. The summed E-state index contributed by atoms with van der Waals surface area (Å²) in [6.07, 6.45) is 11.3. The molecule has 1 heterocycles. The number of hydrogen-bond donors (Lipinski definition) is 3. The Morgan fingerprint density at radius 1 is 1.32 bits per heavy atom. The van der Waals surface area contributed by atoms with Gasteiger partial charge < -0.3 is 21.1 Å². The van der Waals surface area contributed by atoms with Gasteiger partial charge in [-0.1, -0.05) is 79.2 Å². The van der Waals surface area contributed by atoms with E-state index >= 15 is 4.39 Å². The highest BCUT2D eigenvalue weighted by Crippen LogP contribution is 2.46. The first-order valence-electron chi connectivity index (χ1n) is 13.2. The number of nitrogens with two attached hydrogens (primary N) is 1. The number of methoxy groups -OCH3 is 1. The Morgan fingerprint density at radius 3 is 2.58 bits per heavy atom. The van der Waals surface area contributed by atoms with E-state index in [1.54, 1.807) is 24.3 Å². The molecule has 40 heavy (non-hydrogen) atoms. The minimum absolute atomic E-state index is 0.101. The number of anilines is 1. The third-order valence-electron chi connectivity index (χ3n) is 7.26. The molecule has 1 aromatic carbocycles. The molecule has 1 aromatic rings. The first-order chi connectivity index (χ1) is 18.8. The first-order valence-corrected chi connectivity index (χ1v) is 14.4. The maximum Gasteiger partial charge on any atom is 0.337 e. The van der Waals surface area contributed by atoms with Gasteiger partial charge in [-0.25, -0.2) is 9.18 Å². The summed E-state index contributed by atoms with van der Waals surface area (Å²) in [6, 6.07) is 5.39. The van der Waals surface area contributed by atoms with Gasteiger partial charge in [0.25, 0.3) is 0 Å². The molecule has 3 rings (SSSR count). The number of rotatable bonds is 9. The SMILES string of the molecule is C=C/C=C(Cl)\C=C(\F)C[C@@]1(N)[C@H](CC(C)(C)C)N[C@@H](C(=O)Nc2ccc(C(=O)OC)cc2)[C@@H]1C1C=CC=C(Br)C1. The van der Waals surface area contributed by atoms with E-state index in [0.29, 0.717) is 24.1 Å². The summed E-state index contributed by atoms with van der Waals surface area (Å²) in [6.45, 7) is 9.89. The molecule has 1 fully saturated rings. The van der Waals surface area contributed by atoms with Crippen LogP contribution in [0.5, 0.6) is 0 Å². The number of esters is 1. The van der Waals surface area contributed by atoms with Gasteiger partial charge in [0, 0.05) is 34.6 Å². The van der Waals surface area contributed by atoms with Crippen LogP contribution in [0.3, 0.4) is 0 Å². The molecule has 0 bridgehead atoms. The second-order valence-electron chi connectivity index (χ2n) is 11.6. The van der Waals surface area contributed by atoms with Gasteiger partial charge >= 0.3 is 5.97 Å². The van der Waals surface area contributed by atoms with Crippen LogP contribution in [-0.2, 0) is 9.53 Å². The summed E-state index contributed by atoms with van der Waals surface area (Å²) in [5.74, 6) is -1.80. The fourth-order valence-electron chi connectivity index (χ4n) is 5.60. The summed E-state index contributed by atoms with van der Waals surface area (Å²) >= 11 is 9.77. The summed E-state index contributed by atoms with van der Waals surface area (Å²) in [5, 5.41) is 6.68. The van der Waals surface area contributed by atoms with Crippen molar-refractivity contribution in [2.24, 2.45) is 23.0 Å². The zero-order valence-corrected chi connectivity index (χ0v) is 25.7. The van der Waals surface area contributed by atoms with Crippen LogP contribution in [0.25, 0.3) is 0 Å². The molecule has 9 heteroatoms. The van der Waals surface area contributed by atoms with Crippen molar-refractivity contribution in [3.8, 4) is 0 Å². The number of halogens is 3. The molecule has 216 valence electrons. The molecule has 0 saturated carbocycles. The smallest absolute Gasteiger partial charge is 0.337 e. The Labute approximate surface area is 249 Å². The number of ether oxygens (including phenoxy) is 1. The number of nitrogens with one attached hydrogen (secondary N) is 2. The zero-order chi connectivity index (χ0) is 29.7. The first kappa shape index (κ1) is 32.0. The normalized spacial score (nSPS) is 27.2. The monoisotopic (exact) mass is 633 g/mol. The molecule has 0 aromatic heterocycles. The van der Waals surface area contributed by atoms with Crippen LogP contribution >= 0.6 is 27.5 Å². The molecule has 4 N–H and O–H groups in total. The Bertz CT molecular complexity index is 1240. The average molecular weight is 635 g/mol. The van der Waals surface area contributed by atoms with Gasteiger partial charge in [0.2, 0.25) is 5.91 Å². The Kier molecular flexibility index (Phi) is 10.7. The predicted octanol–water partition coefficient (Wildman–Crippen LogP) is 6.91. The quantitative estimate of drug-likeness (QED) is 0.203. The number of hydrogen-bond acceptors (Lipinski definition) is 5. The van der Waals surface area contributed by atoms with Gasteiger partial charge in [-0.05, 0) is 65.1 Å². The van der Waals surface area contributed by atoms with Crippen molar-refractivity contribution in [1.29, 1.82) is 0 Å². The van der Waals surface area contributed by atoms with Crippen LogP contribution in [0.15, 0.2) is 82.6 Å². The number of allylic oxidation sites excluding steroid dienone is 8. The van der Waals surface area contributed by atoms with Gasteiger partial charge in [0.15, 0.2) is 0 Å². The minimum atomic E-state index is -1.12. The van der Waals surface area contributed by atoms with E-state index in [0.717, 1.165) is 4.48 Å². The topological polar surface area (TPSA) is 93.5 Å². The molecule has 0 spiro atoms. The van der Waals surface area contributed by atoms with E-state index in [4.69, 9.17) is 22.1 Å². The molecular weight excluding hydrogens is 597 g/mol. The molecule has 0 radical (unpaired) electrons. The van der Waals surface area contributed by atoms with Crippen LogP contribution in [0.2, 0.25) is 0 Å². The third kappa shape index (κ3) is 8.03. The fourth-order valence-corrected chi connectivity index (χ4v) is 6.33. The van der Waals surface area contributed by atoms with E-state index < -0.39 is 29.3 Å². The highest BCUT2D eigenvalue weighted by atomic mass is 79.9. The molecular formula is C31H38BrClFN3O3. The molecule has 5 atom stereocenters. The highest BCUT2D eigenvalue weighted by molar-refractivity contribution is 9.11. The van der Waals surface area contributed by atoms with Crippen molar-refractivity contribution in [1.82, 2.24) is 5.32 Å². The Morgan fingerprint density at radius 2 is 2.00 bits per heavy atom. The van der Waals surface area contributed by atoms with Crippen molar-refractivity contribution >= 4 is 45.1 Å². The van der Waals surface area contributed by atoms with Crippen LogP contribution in [0.1, 0.15) is 50.4 Å². The third-order valence-corrected chi connectivity index (χ3v) is 8.08. The summed E-state index contributed by atoms with van der Waals surface area (Å²) in [4.78, 5) is 25.7. The van der Waals surface area contributed by atoms with E-state index in [2.05, 4.69) is 53.9 Å². The van der Waals surface area contributed by atoms with Crippen molar-refractivity contribution in [3.05, 3.63) is 88.2 Å². The predicted molar refractivity (Wildman–Crippen MR) is 164 cm³/mol. The maximum absolute atomic E-state index is 15.5. The van der Waals surface area contributed by atoms with Gasteiger partial charge in [-0.2, -0.15) is 0 Å². The molecule has 1 aliphatic carbocycles. The standard InChI is InChI=1S/C31H38BrClFN3O3/c1-6-8-22(33)16-23(34)17-31(35)25(18-30(2,3)4)37-27(26(31)20-9-7-10-21(32)15-20)28(38)36-24-13-11-19(12-14-24)29(39)40-5/h6-14,16,20,25-27,37H,1,15,17-18,35H2,2-5H3,(H,36,38)/b22-8+,23-16+/t20?,25-,26-,27+,31+/m0/s1. The van der Waals surface area contributed by atoms with Crippen molar-refractivity contribution < 1.29 is 18.7 Å². The van der Waals surface area contributed by atoms with Gasteiger partial charge in [-0.15, -0.1) is 0 Å². The van der Waals surface area contributed by atoms with Gasteiger partial charge in [-0.3, -0.25) is 4.79 Å². The van der Waals surface area contributed by atoms with Crippen LogP contribution in [-0.4, -0.2) is 36.6 Å². The Hall–Kier alpha value is -2.52. The number of carbonyl (C=O) groups excluding carboxylic acids is 2. The summed E-state index contributed by atoms with van der Waals surface area (Å²) in [7, 11) is 1.31. The lowest BCUT2D eigenvalue weighted by Gasteiger charge is -2.41. The second-order valence-corrected chi connectivity index (χ2v) is 13.0. The second kappa shape index (κ2) is 13.4. The molecule has 2 aliphatic rings. The minimum Gasteiger partial charge on any atom is -0.465 e. The lowest BCUT2D eigenvalue weighted by atomic mass is 9.66. The largest absolute Gasteiger partial charge is 0.465 e. The van der Waals surface area contributed by atoms with E-state index in [9.17, 15) is 9.59 Å². The molecule has 1 amide bonds.